The van der Waals surface area contributed by atoms with Gasteiger partial charge in [0.2, 0.25) is 0 Å². The van der Waals surface area contributed by atoms with E-state index in [9.17, 15) is 4.79 Å². The Balaban J connectivity index is 1.44. The lowest BCUT2D eigenvalue weighted by Gasteiger charge is -2.35. The number of anilines is 1. The third-order valence-electron chi connectivity index (χ3n) is 4.89. The highest BCUT2D eigenvalue weighted by atomic mass is 16.5. The molecule has 0 spiro atoms. The van der Waals surface area contributed by atoms with Crippen LogP contribution in [-0.4, -0.2) is 63.8 Å². The van der Waals surface area contributed by atoms with Crippen molar-refractivity contribution in [3.8, 4) is 0 Å². The Morgan fingerprint density at radius 2 is 1.85 bits per heavy atom. The molecule has 0 saturated carbocycles. The van der Waals surface area contributed by atoms with Crippen LogP contribution in [0.3, 0.4) is 0 Å². The molecule has 0 N–H and O–H groups in total. The number of carbonyl (C=O) groups excluding carboxylic acids is 1. The average molecular weight is 366 g/mol. The van der Waals surface area contributed by atoms with E-state index in [1.54, 1.807) is 24.3 Å². The highest BCUT2D eigenvalue weighted by molar-refractivity contribution is 5.94. The first-order valence-corrected chi connectivity index (χ1v) is 8.92. The number of aromatic nitrogens is 4. The van der Waals surface area contributed by atoms with E-state index in [2.05, 4.69) is 20.0 Å². The van der Waals surface area contributed by atoms with E-state index in [4.69, 9.17) is 4.74 Å². The summed E-state index contributed by atoms with van der Waals surface area (Å²) in [5, 5.41) is 5.21. The molecule has 3 aromatic rings. The van der Waals surface area contributed by atoms with Crippen molar-refractivity contribution in [2.24, 2.45) is 7.05 Å². The van der Waals surface area contributed by atoms with Crippen molar-refractivity contribution in [1.29, 1.82) is 0 Å². The third-order valence-corrected chi connectivity index (χ3v) is 4.89. The van der Waals surface area contributed by atoms with Crippen LogP contribution in [0.25, 0.3) is 11.0 Å². The van der Waals surface area contributed by atoms with E-state index in [0.29, 0.717) is 25.3 Å². The van der Waals surface area contributed by atoms with Gasteiger partial charge in [-0.3, -0.25) is 9.48 Å². The monoisotopic (exact) mass is 366 g/mol. The molecule has 1 aliphatic rings. The molecular formula is C19H22N6O2. The molecule has 3 heterocycles. The number of hydrogen-bond donors (Lipinski definition) is 0. The van der Waals surface area contributed by atoms with Crippen molar-refractivity contribution in [1.82, 2.24) is 24.6 Å². The molecule has 1 aromatic carbocycles. The van der Waals surface area contributed by atoms with Gasteiger partial charge in [0.15, 0.2) is 5.65 Å². The topological polar surface area (TPSA) is 76.4 Å². The van der Waals surface area contributed by atoms with Crippen molar-refractivity contribution >= 4 is 22.8 Å². The smallest absolute Gasteiger partial charge is 0.253 e. The quantitative estimate of drug-likeness (QED) is 0.696. The molecule has 1 saturated heterocycles. The number of nitrogens with zero attached hydrogens (tertiary/aromatic N) is 6. The number of carbonyl (C=O) groups is 1. The summed E-state index contributed by atoms with van der Waals surface area (Å²) in [6.07, 6.45) is 3.36. The summed E-state index contributed by atoms with van der Waals surface area (Å²) in [5.41, 5.74) is 2.58. The minimum atomic E-state index is 0.0628. The molecule has 0 aliphatic carbocycles. The summed E-state index contributed by atoms with van der Waals surface area (Å²) in [6, 6.07) is 7.61. The van der Waals surface area contributed by atoms with Gasteiger partial charge in [-0.2, -0.15) is 5.10 Å². The van der Waals surface area contributed by atoms with Crippen molar-refractivity contribution in [3.63, 3.8) is 0 Å². The molecule has 0 unspecified atom stereocenters. The van der Waals surface area contributed by atoms with E-state index in [1.807, 2.05) is 36.2 Å². The van der Waals surface area contributed by atoms with Crippen LogP contribution < -0.4 is 4.90 Å². The SMILES string of the molecule is COCc1ccc(C(=O)N2CCN(c3ncnc4c3cnn4C)CC2)cc1. The summed E-state index contributed by atoms with van der Waals surface area (Å²) in [7, 11) is 3.53. The van der Waals surface area contributed by atoms with E-state index < -0.39 is 0 Å². The van der Waals surface area contributed by atoms with Crippen molar-refractivity contribution < 1.29 is 9.53 Å². The molecule has 0 bridgehead atoms. The number of methoxy groups -OCH3 is 1. The second kappa shape index (κ2) is 7.32. The standard InChI is InChI=1S/C19H22N6O2/c1-23-17-16(11-22-23)18(21-13-20-17)24-7-9-25(10-8-24)19(26)15-5-3-14(4-6-15)12-27-2/h3-6,11,13H,7-10,12H2,1-2H3. The van der Waals surface area contributed by atoms with Gasteiger partial charge in [-0.25, -0.2) is 9.97 Å². The minimum absolute atomic E-state index is 0.0628. The molecule has 2 aromatic heterocycles. The van der Waals surface area contributed by atoms with Gasteiger partial charge in [0.1, 0.15) is 12.1 Å². The molecule has 140 valence electrons. The van der Waals surface area contributed by atoms with E-state index in [-0.39, 0.29) is 5.91 Å². The molecule has 0 radical (unpaired) electrons. The normalized spacial score (nSPS) is 14.7. The summed E-state index contributed by atoms with van der Waals surface area (Å²) < 4.78 is 6.86. The molecule has 0 atom stereocenters. The van der Waals surface area contributed by atoms with Crippen molar-refractivity contribution in [3.05, 3.63) is 47.9 Å². The Morgan fingerprint density at radius 1 is 1.11 bits per heavy atom. The van der Waals surface area contributed by atoms with Gasteiger partial charge in [-0.15, -0.1) is 0 Å². The Hall–Kier alpha value is -3.00. The molecular weight excluding hydrogens is 344 g/mol. The Labute approximate surface area is 157 Å². The van der Waals surface area contributed by atoms with Gasteiger partial charge in [0.25, 0.3) is 5.91 Å². The number of piperazine rings is 1. The summed E-state index contributed by atoms with van der Waals surface area (Å²) in [4.78, 5) is 25.6. The Morgan fingerprint density at radius 3 is 2.56 bits per heavy atom. The predicted molar refractivity (Wildman–Crippen MR) is 102 cm³/mol. The Bertz CT molecular complexity index is 944. The lowest BCUT2D eigenvalue weighted by molar-refractivity contribution is 0.0746. The summed E-state index contributed by atoms with van der Waals surface area (Å²) >= 11 is 0. The van der Waals surface area contributed by atoms with Crippen LogP contribution in [0.2, 0.25) is 0 Å². The third kappa shape index (κ3) is 3.35. The fourth-order valence-corrected chi connectivity index (χ4v) is 3.42. The zero-order valence-electron chi connectivity index (χ0n) is 15.5. The first kappa shape index (κ1) is 17.4. The maximum atomic E-state index is 12.8. The number of amides is 1. The molecule has 1 fully saturated rings. The van der Waals surface area contributed by atoms with Crippen LogP contribution in [0.15, 0.2) is 36.8 Å². The number of aryl methyl sites for hydroxylation is 1. The van der Waals surface area contributed by atoms with Crippen LogP contribution in [0, 0.1) is 0 Å². The second-order valence-corrected chi connectivity index (χ2v) is 6.61. The van der Waals surface area contributed by atoms with Crippen LogP contribution >= 0.6 is 0 Å². The van der Waals surface area contributed by atoms with Gasteiger partial charge >= 0.3 is 0 Å². The van der Waals surface area contributed by atoms with Gasteiger partial charge in [-0.1, -0.05) is 12.1 Å². The largest absolute Gasteiger partial charge is 0.380 e. The molecule has 1 aliphatic heterocycles. The maximum absolute atomic E-state index is 12.8. The highest BCUT2D eigenvalue weighted by Gasteiger charge is 2.24. The highest BCUT2D eigenvalue weighted by Crippen LogP contribution is 2.23. The zero-order valence-corrected chi connectivity index (χ0v) is 15.5. The summed E-state index contributed by atoms with van der Waals surface area (Å²) in [6.45, 7) is 3.33. The number of rotatable bonds is 4. The zero-order chi connectivity index (χ0) is 18.8. The average Bonchev–Trinajstić information content (AvgIpc) is 3.10. The molecule has 4 rings (SSSR count). The lowest BCUT2D eigenvalue weighted by Crippen LogP contribution is -2.49. The molecule has 8 nitrogen and oxygen atoms in total. The fourth-order valence-electron chi connectivity index (χ4n) is 3.42. The predicted octanol–water partition coefficient (Wildman–Crippen LogP) is 1.47. The number of benzene rings is 1. The Kier molecular flexibility index (Phi) is 4.72. The van der Waals surface area contributed by atoms with Crippen LogP contribution in [0.1, 0.15) is 15.9 Å². The van der Waals surface area contributed by atoms with Gasteiger partial charge in [0, 0.05) is 45.9 Å². The first-order valence-electron chi connectivity index (χ1n) is 8.92. The number of ether oxygens (including phenoxy) is 1. The van der Waals surface area contributed by atoms with Crippen molar-refractivity contribution in [2.45, 2.75) is 6.61 Å². The van der Waals surface area contributed by atoms with Crippen LogP contribution in [-0.2, 0) is 18.4 Å². The fraction of sp³-hybridized carbons (Fsp3) is 0.368. The van der Waals surface area contributed by atoms with Crippen LogP contribution in [0.5, 0.6) is 0 Å². The van der Waals surface area contributed by atoms with E-state index in [1.165, 1.54) is 0 Å². The molecule has 27 heavy (non-hydrogen) atoms. The van der Waals surface area contributed by atoms with Crippen molar-refractivity contribution in [2.75, 3.05) is 38.2 Å². The second-order valence-electron chi connectivity index (χ2n) is 6.61. The van der Waals surface area contributed by atoms with Crippen LogP contribution in [0.4, 0.5) is 5.82 Å². The first-order chi connectivity index (χ1) is 13.2. The van der Waals surface area contributed by atoms with Gasteiger partial charge in [-0.05, 0) is 17.7 Å². The van der Waals surface area contributed by atoms with E-state index in [0.717, 1.165) is 35.5 Å². The minimum Gasteiger partial charge on any atom is -0.380 e. The van der Waals surface area contributed by atoms with E-state index >= 15 is 0 Å². The lowest BCUT2D eigenvalue weighted by atomic mass is 10.1. The van der Waals surface area contributed by atoms with Gasteiger partial charge < -0.3 is 14.5 Å². The maximum Gasteiger partial charge on any atom is 0.253 e. The molecule has 8 heteroatoms. The molecule has 1 amide bonds. The number of fused-ring (bicyclic) bond motifs is 1. The van der Waals surface area contributed by atoms with Gasteiger partial charge in [0.05, 0.1) is 18.2 Å². The number of hydrogen-bond acceptors (Lipinski definition) is 6. The summed E-state index contributed by atoms with van der Waals surface area (Å²) in [5.74, 6) is 0.942.